The van der Waals surface area contributed by atoms with Crippen molar-refractivity contribution in [2.45, 2.75) is 25.7 Å². The van der Waals surface area contributed by atoms with E-state index in [1.807, 2.05) is 0 Å². The first kappa shape index (κ1) is 12.7. The normalized spacial score (nSPS) is 14.9. The van der Waals surface area contributed by atoms with Gasteiger partial charge >= 0.3 is 0 Å². The second-order valence-electron chi connectivity index (χ2n) is 4.77. The van der Waals surface area contributed by atoms with Crippen LogP contribution in [0.5, 0.6) is 5.75 Å². The molecule has 0 atom stereocenters. The van der Waals surface area contributed by atoms with Crippen LogP contribution < -0.4 is 15.8 Å². The lowest BCUT2D eigenvalue weighted by atomic mass is 9.83. The van der Waals surface area contributed by atoms with E-state index in [0.717, 1.165) is 12.3 Å². The van der Waals surface area contributed by atoms with Gasteiger partial charge in [0.2, 0.25) is 0 Å². The Hall–Kier alpha value is -1.71. The minimum absolute atomic E-state index is 0.145. The van der Waals surface area contributed by atoms with Crippen molar-refractivity contribution in [3.63, 3.8) is 0 Å². The van der Waals surface area contributed by atoms with Crippen LogP contribution in [0, 0.1) is 5.92 Å². The number of carbonyl (C=O) groups excluding carboxylic acids is 1. The molecular weight excluding hydrogens is 228 g/mol. The first-order chi connectivity index (χ1) is 8.70. The molecule has 4 nitrogen and oxygen atoms in total. The Kier molecular flexibility index (Phi) is 4.07. The van der Waals surface area contributed by atoms with Gasteiger partial charge in [0.1, 0.15) is 5.75 Å². The number of nitrogens with two attached hydrogens (primary N) is 1. The molecule has 1 amide bonds. The number of carbonyl (C=O) groups is 1. The Bertz CT molecular complexity index is 428. The average Bonchev–Trinajstić information content (AvgIpc) is 2.31. The fourth-order valence-electron chi connectivity index (χ4n) is 2.10. The minimum Gasteiger partial charge on any atom is -0.493 e. The van der Waals surface area contributed by atoms with Crippen molar-refractivity contribution in [2.24, 2.45) is 5.92 Å². The molecule has 98 valence electrons. The van der Waals surface area contributed by atoms with Gasteiger partial charge in [0, 0.05) is 18.8 Å². The van der Waals surface area contributed by atoms with Crippen LogP contribution in [0.1, 0.15) is 36.0 Å². The number of benzene rings is 1. The zero-order valence-corrected chi connectivity index (χ0v) is 10.7. The fraction of sp³-hybridized carbons (Fsp3) is 0.500. The number of rotatable bonds is 5. The summed E-state index contributed by atoms with van der Waals surface area (Å²) in [5.74, 6) is 1.23. The van der Waals surface area contributed by atoms with E-state index in [-0.39, 0.29) is 5.91 Å². The molecule has 1 aromatic rings. The van der Waals surface area contributed by atoms with Gasteiger partial charge in [-0.25, -0.2) is 0 Å². The number of anilines is 1. The lowest BCUT2D eigenvalue weighted by Crippen LogP contribution is -2.20. The molecule has 1 saturated carbocycles. The largest absolute Gasteiger partial charge is 0.493 e. The molecule has 0 bridgehead atoms. The Morgan fingerprint density at radius 1 is 1.50 bits per heavy atom. The van der Waals surface area contributed by atoms with Crippen LogP contribution in [0.3, 0.4) is 0 Å². The van der Waals surface area contributed by atoms with E-state index in [1.54, 1.807) is 25.2 Å². The molecule has 0 unspecified atom stereocenters. The fourth-order valence-corrected chi connectivity index (χ4v) is 2.10. The lowest BCUT2D eigenvalue weighted by molar-refractivity contribution is 0.0958. The molecule has 18 heavy (non-hydrogen) atoms. The molecule has 0 heterocycles. The highest BCUT2D eigenvalue weighted by molar-refractivity contribution is 5.97. The van der Waals surface area contributed by atoms with Crippen LogP contribution in [0.15, 0.2) is 18.2 Å². The predicted octanol–water partition coefficient (Wildman–Crippen LogP) is 2.20. The molecule has 0 radical (unpaired) electrons. The van der Waals surface area contributed by atoms with E-state index in [2.05, 4.69) is 5.32 Å². The van der Waals surface area contributed by atoms with Gasteiger partial charge in [0.05, 0.1) is 12.2 Å². The van der Waals surface area contributed by atoms with Crippen LogP contribution >= 0.6 is 0 Å². The highest BCUT2D eigenvalue weighted by Gasteiger charge is 2.18. The Morgan fingerprint density at radius 2 is 2.28 bits per heavy atom. The molecule has 3 N–H and O–H groups in total. The van der Waals surface area contributed by atoms with Crippen molar-refractivity contribution < 1.29 is 9.53 Å². The van der Waals surface area contributed by atoms with Crippen LogP contribution in [0.25, 0.3) is 0 Å². The summed E-state index contributed by atoms with van der Waals surface area (Å²) in [6, 6.07) is 5.13. The maximum absolute atomic E-state index is 11.7. The van der Waals surface area contributed by atoms with E-state index < -0.39 is 0 Å². The van der Waals surface area contributed by atoms with Crippen LogP contribution in [-0.2, 0) is 0 Å². The third-order valence-electron chi connectivity index (χ3n) is 3.49. The average molecular weight is 248 g/mol. The molecule has 1 aliphatic rings. The quantitative estimate of drug-likeness (QED) is 0.785. The first-order valence-electron chi connectivity index (χ1n) is 6.45. The van der Waals surface area contributed by atoms with Gasteiger partial charge in [-0.3, -0.25) is 4.79 Å². The molecule has 0 aromatic heterocycles. The summed E-state index contributed by atoms with van der Waals surface area (Å²) in [6.07, 6.45) is 5.01. The molecule has 0 aliphatic heterocycles. The highest BCUT2D eigenvalue weighted by atomic mass is 16.5. The van der Waals surface area contributed by atoms with Crippen LogP contribution in [-0.4, -0.2) is 19.6 Å². The summed E-state index contributed by atoms with van der Waals surface area (Å²) < 4.78 is 5.71. The zero-order chi connectivity index (χ0) is 13.0. The first-order valence-corrected chi connectivity index (χ1v) is 6.45. The van der Waals surface area contributed by atoms with Gasteiger partial charge in [0.25, 0.3) is 5.91 Å². The van der Waals surface area contributed by atoms with Crippen molar-refractivity contribution >= 4 is 11.6 Å². The summed E-state index contributed by atoms with van der Waals surface area (Å²) in [5.41, 5.74) is 6.88. The van der Waals surface area contributed by atoms with E-state index >= 15 is 0 Å². The summed E-state index contributed by atoms with van der Waals surface area (Å²) in [5, 5.41) is 2.60. The molecule has 2 rings (SSSR count). The molecule has 1 fully saturated rings. The molecule has 1 aromatic carbocycles. The van der Waals surface area contributed by atoms with E-state index in [9.17, 15) is 4.79 Å². The summed E-state index contributed by atoms with van der Waals surface area (Å²) >= 11 is 0. The second-order valence-corrected chi connectivity index (χ2v) is 4.77. The van der Waals surface area contributed by atoms with Gasteiger partial charge in [-0.2, -0.15) is 0 Å². The highest BCUT2D eigenvalue weighted by Crippen LogP contribution is 2.30. The third kappa shape index (κ3) is 2.94. The smallest absolute Gasteiger partial charge is 0.254 e. The number of ether oxygens (including phenoxy) is 1. The standard InChI is InChI=1S/C14H20N2O2/c1-16-14(17)12-6-5-11(15)9-13(12)18-8-7-10-3-2-4-10/h5-6,9-10H,2-4,7-8,15H2,1H3,(H,16,17). The van der Waals surface area contributed by atoms with Gasteiger partial charge in [-0.15, -0.1) is 0 Å². The van der Waals surface area contributed by atoms with Crippen LogP contribution in [0.2, 0.25) is 0 Å². The van der Waals surface area contributed by atoms with Gasteiger partial charge in [-0.1, -0.05) is 19.3 Å². The van der Waals surface area contributed by atoms with Crippen molar-refractivity contribution in [1.82, 2.24) is 5.32 Å². The molecule has 0 saturated heterocycles. The van der Waals surface area contributed by atoms with Gasteiger partial charge < -0.3 is 15.8 Å². The SMILES string of the molecule is CNC(=O)c1ccc(N)cc1OCCC1CCC1. The number of nitrogen functional groups attached to an aromatic ring is 1. The summed E-state index contributed by atoms with van der Waals surface area (Å²) in [4.78, 5) is 11.7. The molecule has 4 heteroatoms. The van der Waals surface area contributed by atoms with E-state index in [1.165, 1.54) is 19.3 Å². The zero-order valence-electron chi connectivity index (χ0n) is 10.7. The van der Waals surface area contributed by atoms with Gasteiger partial charge in [0.15, 0.2) is 0 Å². The van der Waals surface area contributed by atoms with E-state index in [4.69, 9.17) is 10.5 Å². The maximum Gasteiger partial charge on any atom is 0.254 e. The summed E-state index contributed by atoms with van der Waals surface area (Å²) in [7, 11) is 1.61. The summed E-state index contributed by atoms with van der Waals surface area (Å²) in [6.45, 7) is 0.651. The number of amides is 1. The lowest BCUT2D eigenvalue weighted by Gasteiger charge is -2.25. The second kappa shape index (κ2) is 5.76. The predicted molar refractivity (Wildman–Crippen MR) is 71.7 cm³/mol. The molecule has 0 spiro atoms. The Morgan fingerprint density at radius 3 is 2.89 bits per heavy atom. The van der Waals surface area contributed by atoms with Crippen LogP contribution in [0.4, 0.5) is 5.69 Å². The van der Waals surface area contributed by atoms with Crippen molar-refractivity contribution in [3.05, 3.63) is 23.8 Å². The monoisotopic (exact) mass is 248 g/mol. The number of hydrogen-bond donors (Lipinski definition) is 2. The molecule has 1 aliphatic carbocycles. The van der Waals surface area contributed by atoms with Crippen molar-refractivity contribution in [1.29, 1.82) is 0 Å². The third-order valence-corrected chi connectivity index (χ3v) is 3.49. The Labute approximate surface area is 108 Å². The minimum atomic E-state index is -0.145. The Balaban J connectivity index is 1.99. The maximum atomic E-state index is 11.7. The van der Waals surface area contributed by atoms with Gasteiger partial charge in [-0.05, 0) is 24.5 Å². The van der Waals surface area contributed by atoms with E-state index in [0.29, 0.717) is 23.6 Å². The van der Waals surface area contributed by atoms with Crippen molar-refractivity contribution in [3.8, 4) is 5.75 Å². The number of nitrogens with one attached hydrogen (secondary N) is 1. The molecular formula is C14H20N2O2. The van der Waals surface area contributed by atoms with Crippen molar-refractivity contribution in [2.75, 3.05) is 19.4 Å². The topological polar surface area (TPSA) is 64.4 Å². The number of hydrogen-bond acceptors (Lipinski definition) is 3.